The maximum absolute atomic E-state index is 4.89. The Morgan fingerprint density at radius 3 is 2.83 bits per heavy atom. The van der Waals surface area contributed by atoms with Crippen LogP contribution in [0.25, 0.3) is 20.4 Å². The van der Waals surface area contributed by atoms with Gasteiger partial charge in [0.05, 0.1) is 10.2 Å². The van der Waals surface area contributed by atoms with Crippen LogP contribution in [0.4, 0.5) is 5.82 Å². The van der Waals surface area contributed by atoms with E-state index in [0.717, 1.165) is 46.7 Å². The van der Waals surface area contributed by atoms with E-state index in [-0.39, 0.29) is 0 Å². The van der Waals surface area contributed by atoms with Crippen molar-refractivity contribution >= 4 is 37.6 Å². The third-order valence-electron chi connectivity index (χ3n) is 4.75. The first-order valence-corrected chi connectivity index (χ1v) is 9.40. The molecule has 1 aliphatic rings. The first-order valence-electron chi connectivity index (χ1n) is 8.59. The van der Waals surface area contributed by atoms with Crippen molar-refractivity contribution in [3.8, 4) is 0 Å². The summed E-state index contributed by atoms with van der Waals surface area (Å²) in [6.45, 7) is 5.32. The molecule has 3 heterocycles. The summed E-state index contributed by atoms with van der Waals surface area (Å²) in [5.74, 6) is 0.966. The van der Waals surface area contributed by atoms with Crippen LogP contribution >= 0.6 is 11.3 Å². The number of nitrogens with zero attached hydrogens (tertiary/aromatic N) is 3. The van der Waals surface area contributed by atoms with E-state index in [1.165, 1.54) is 41.5 Å². The molecular weight excluding hydrogens is 304 g/mol. The number of hydrogen-bond donors (Lipinski definition) is 1. The Hall–Kier alpha value is -1.75. The molecule has 1 N–H and O–H groups in total. The molecule has 4 nitrogen and oxygen atoms in total. The molecule has 23 heavy (non-hydrogen) atoms. The van der Waals surface area contributed by atoms with E-state index in [4.69, 9.17) is 4.98 Å². The van der Waals surface area contributed by atoms with Crippen LogP contribution < -0.4 is 5.32 Å². The molecule has 0 unspecified atom stereocenters. The second-order valence-electron chi connectivity index (χ2n) is 6.32. The van der Waals surface area contributed by atoms with Gasteiger partial charge in [0.2, 0.25) is 0 Å². The lowest BCUT2D eigenvalue weighted by molar-refractivity contribution is 0.683. The average molecular weight is 326 g/mol. The Bertz CT molecular complexity index is 868. The second kappa shape index (κ2) is 6.04. The Balaban J connectivity index is 1.92. The van der Waals surface area contributed by atoms with E-state index in [9.17, 15) is 0 Å². The van der Waals surface area contributed by atoms with Gasteiger partial charge in [-0.05, 0) is 50.2 Å². The van der Waals surface area contributed by atoms with E-state index < -0.39 is 0 Å². The Labute approximate surface area is 140 Å². The van der Waals surface area contributed by atoms with Gasteiger partial charge in [-0.3, -0.25) is 0 Å². The molecule has 0 spiro atoms. The number of nitrogens with one attached hydrogen (secondary N) is 1. The lowest BCUT2D eigenvalue weighted by Gasteiger charge is -2.18. The van der Waals surface area contributed by atoms with E-state index in [0.29, 0.717) is 0 Å². The van der Waals surface area contributed by atoms with Crippen molar-refractivity contribution in [1.82, 2.24) is 15.0 Å². The molecule has 0 saturated heterocycles. The zero-order valence-electron chi connectivity index (χ0n) is 13.8. The molecule has 0 amide bonds. The van der Waals surface area contributed by atoms with Crippen molar-refractivity contribution in [2.75, 3.05) is 11.9 Å². The molecule has 5 heteroatoms. The summed E-state index contributed by atoms with van der Waals surface area (Å²) < 4.78 is 1.16. The maximum Gasteiger partial charge on any atom is 0.147 e. The monoisotopic (exact) mass is 326 g/mol. The highest BCUT2D eigenvalue weighted by Crippen LogP contribution is 2.40. The molecule has 4 rings (SSSR count). The fourth-order valence-corrected chi connectivity index (χ4v) is 4.73. The van der Waals surface area contributed by atoms with Gasteiger partial charge in [-0.25, -0.2) is 15.0 Å². The van der Waals surface area contributed by atoms with E-state index in [1.807, 2.05) is 0 Å². The highest BCUT2D eigenvalue weighted by molar-refractivity contribution is 7.26. The summed E-state index contributed by atoms with van der Waals surface area (Å²) in [4.78, 5) is 15.1. The molecule has 3 aromatic rings. The molecule has 120 valence electrons. The van der Waals surface area contributed by atoms with Gasteiger partial charge >= 0.3 is 0 Å². The van der Waals surface area contributed by atoms with Crippen LogP contribution in [0, 0.1) is 6.92 Å². The summed E-state index contributed by atoms with van der Waals surface area (Å²) in [6.07, 6.45) is 8.90. The lowest BCUT2D eigenvalue weighted by atomic mass is 9.89. The number of aromatic nitrogens is 3. The number of fused-ring (bicyclic) bond motifs is 5. The van der Waals surface area contributed by atoms with Crippen LogP contribution in [-0.2, 0) is 12.8 Å². The van der Waals surface area contributed by atoms with Gasteiger partial charge in [-0.15, -0.1) is 11.3 Å². The third kappa shape index (κ3) is 2.47. The van der Waals surface area contributed by atoms with Gasteiger partial charge in [0.25, 0.3) is 0 Å². The van der Waals surface area contributed by atoms with Crippen LogP contribution in [0.5, 0.6) is 0 Å². The van der Waals surface area contributed by atoms with Gasteiger partial charge in [0.1, 0.15) is 17.0 Å². The largest absolute Gasteiger partial charge is 0.369 e. The molecule has 0 radical (unpaired) electrons. The molecule has 3 aromatic heterocycles. The topological polar surface area (TPSA) is 50.7 Å². The third-order valence-corrected chi connectivity index (χ3v) is 5.83. The van der Waals surface area contributed by atoms with Gasteiger partial charge in [0.15, 0.2) is 0 Å². The first kappa shape index (κ1) is 14.8. The summed E-state index contributed by atoms with van der Waals surface area (Å²) in [6, 6.07) is 0. The van der Waals surface area contributed by atoms with Crippen molar-refractivity contribution < 1.29 is 0 Å². The van der Waals surface area contributed by atoms with Crippen LogP contribution in [0.1, 0.15) is 49.4 Å². The Kier molecular flexibility index (Phi) is 3.89. The molecule has 1 aliphatic carbocycles. The number of hydrogen-bond acceptors (Lipinski definition) is 5. The van der Waals surface area contributed by atoms with Crippen LogP contribution in [-0.4, -0.2) is 21.5 Å². The minimum Gasteiger partial charge on any atom is -0.369 e. The average Bonchev–Trinajstić information content (AvgIpc) is 2.94. The van der Waals surface area contributed by atoms with Crippen LogP contribution in [0.3, 0.4) is 0 Å². The van der Waals surface area contributed by atoms with Crippen LogP contribution in [0.15, 0.2) is 6.33 Å². The van der Waals surface area contributed by atoms with Crippen molar-refractivity contribution in [2.24, 2.45) is 0 Å². The fraction of sp³-hybridized carbons (Fsp3) is 0.500. The van der Waals surface area contributed by atoms with Gasteiger partial charge in [0, 0.05) is 17.6 Å². The summed E-state index contributed by atoms with van der Waals surface area (Å²) in [7, 11) is 0. The SMILES string of the molecule is CCCCNc1ncnc2c1sc1nc(C)c3c(c12)CCCC3. The molecule has 0 bridgehead atoms. The standard InChI is InChI=1S/C18H22N4S/c1-3-4-9-19-17-16-15(20-10-21-17)14-13-8-6-5-7-12(13)11(2)22-18(14)23-16/h10H,3-9H2,1-2H3,(H,19,20,21). The first-order chi connectivity index (χ1) is 11.3. The van der Waals surface area contributed by atoms with Gasteiger partial charge in [-0.1, -0.05) is 13.3 Å². The number of rotatable bonds is 4. The summed E-state index contributed by atoms with van der Waals surface area (Å²) in [5, 5.41) is 4.76. The Morgan fingerprint density at radius 2 is 2.00 bits per heavy atom. The van der Waals surface area contributed by atoms with Crippen LogP contribution in [0.2, 0.25) is 0 Å². The summed E-state index contributed by atoms with van der Waals surface area (Å²) >= 11 is 1.73. The van der Waals surface area contributed by atoms with Gasteiger partial charge in [-0.2, -0.15) is 0 Å². The van der Waals surface area contributed by atoms with Crippen molar-refractivity contribution in [2.45, 2.75) is 52.4 Å². The normalized spacial score (nSPS) is 14.3. The molecule has 0 fully saturated rings. The Morgan fingerprint density at radius 1 is 1.17 bits per heavy atom. The number of pyridine rings is 1. The smallest absolute Gasteiger partial charge is 0.147 e. The zero-order chi connectivity index (χ0) is 15.8. The summed E-state index contributed by atoms with van der Waals surface area (Å²) in [5.41, 5.74) is 5.24. The van der Waals surface area contributed by atoms with Crippen molar-refractivity contribution in [3.05, 3.63) is 23.1 Å². The number of thiophene rings is 1. The minimum absolute atomic E-state index is 0.960. The van der Waals surface area contributed by atoms with Gasteiger partial charge < -0.3 is 5.32 Å². The van der Waals surface area contributed by atoms with E-state index >= 15 is 0 Å². The lowest BCUT2D eigenvalue weighted by Crippen LogP contribution is -2.07. The predicted octanol–water partition coefficient (Wildman–Crippen LogP) is 4.64. The maximum atomic E-state index is 4.89. The fourth-order valence-electron chi connectivity index (χ4n) is 3.56. The highest BCUT2D eigenvalue weighted by Gasteiger charge is 2.21. The quantitative estimate of drug-likeness (QED) is 0.710. The molecule has 0 atom stereocenters. The molecule has 0 aromatic carbocycles. The number of unbranched alkanes of at least 4 members (excludes halogenated alkanes) is 1. The van der Waals surface area contributed by atoms with E-state index in [2.05, 4.69) is 29.1 Å². The predicted molar refractivity (Wildman–Crippen MR) is 97.5 cm³/mol. The number of anilines is 1. The van der Waals surface area contributed by atoms with Crippen molar-refractivity contribution in [3.63, 3.8) is 0 Å². The molecule has 0 aliphatic heterocycles. The molecular formula is C18H22N4S. The minimum atomic E-state index is 0.960. The van der Waals surface area contributed by atoms with E-state index in [1.54, 1.807) is 17.7 Å². The number of aryl methyl sites for hydroxylation is 2. The molecule has 0 saturated carbocycles. The second-order valence-corrected chi connectivity index (χ2v) is 7.32. The van der Waals surface area contributed by atoms with Crippen molar-refractivity contribution in [1.29, 1.82) is 0 Å². The zero-order valence-corrected chi connectivity index (χ0v) is 14.6. The highest BCUT2D eigenvalue weighted by atomic mass is 32.1.